The Morgan fingerprint density at radius 3 is 1.68 bits per heavy atom. The van der Waals surface area contributed by atoms with Gasteiger partial charge < -0.3 is 0 Å². The number of aromatic nitrogens is 1. The zero-order valence-corrected chi connectivity index (χ0v) is 17.4. The first-order valence-electron chi connectivity index (χ1n) is 11.2. The predicted octanol–water partition coefficient (Wildman–Crippen LogP) is 7.58. The summed E-state index contributed by atoms with van der Waals surface area (Å²) in [5, 5.41) is 0. The number of rotatable bonds is 16. The second kappa shape index (κ2) is 15.4. The summed E-state index contributed by atoms with van der Waals surface area (Å²) in [6.07, 6.45) is 24.6. The molecule has 25 heavy (non-hydrogen) atoms. The lowest BCUT2D eigenvalue weighted by molar-refractivity contribution is -0.697. The smallest absolute Gasteiger partial charge is 0.172 e. The van der Waals surface area contributed by atoms with Crippen molar-refractivity contribution in [2.24, 2.45) is 0 Å². The maximum absolute atomic E-state index is 2.37. The molecule has 1 aromatic rings. The van der Waals surface area contributed by atoms with E-state index in [0.29, 0.717) is 5.92 Å². The number of pyridine rings is 1. The van der Waals surface area contributed by atoms with Crippen molar-refractivity contribution in [3.05, 3.63) is 30.1 Å². The van der Waals surface area contributed by atoms with Crippen molar-refractivity contribution in [2.45, 2.75) is 123 Å². The van der Waals surface area contributed by atoms with Gasteiger partial charge in [0, 0.05) is 18.1 Å². The number of unbranched alkanes of at least 4 members (excludes halogenated alkanes) is 13. The summed E-state index contributed by atoms with van der Waals surface area (Å²) >= 11 is 0. The van der Waals surface area contributed by atoms with E-state index < -0.39 is 0 Å². The minimum atomic E-state index is 0.629. The van der Waals surface area contributed by atoms with Crippen molar-refractivity contribution < 1.29 is 4.57 Å². The van der Waals surface area contributed by atoms with Crippen molar-refractivity contribution >= 4 is 0 Å². The van der Waals surface area contributed by atoms with Crippen LogP contribution in [0.5, 0.6) is 0 Å². The molecule has 144 valence electrons. The van der Waals surface area contributed by atoms with Crippen LogP contribution in [0, 0.1) is 0 Å². The average molecular weight is 347 g/mol. The lowest BCUT2D eigenvalue weighted by Crippen LogP contribution is -2.33. The van der Waals surface area contributed by atoms with E-state index in [1.807, 2.05) is 0 Å². The molecular formula is C24H44N+. The van der Waals surface area contributed by atoms with Crippen LogP contribution in [0.1, 0.15) is 122 Å². The molecule has 1 heteroatoms. The lowest BCUT2D eigenvalue weighted by Gasteiger charge is -2.04. The molecule has 0 unspecified atom stereocenters. The summed E-state index contributed by atoms with van der Waals surface area (Å²) in [6.45, 7) is 8.01. The van der Waals surface area contributed by atoms with Gasteiger partial charge in [0.25, 0.3) is 0 Å². The van der Waals surface area contributed by atoms with Gasteiger partial charge in [0.1, 0.15) is 6.54 Å². The molecule has 0 aliphatic carbocycles. The molecule has 1 rings (SSSR count). The quantitative estimate of drug-likeness (QED) is 0.214. The van der Waals surface area contributed by atoms with Crippen LogP contribution in [0.25, 0.3) is 0 Å². The van der Waals surface area contributed by atoms with Gasteiger partial charge in [-0.1, -0.05) is 97.8 Å². The second-order valence-corrected chi connectivity index (χ2v) is 8.13. The molecule has 0 aromatic carbocycles. The molecule has 0 atom stereocenters. The molecule has 0 spiro atoms. The summed E-state index contributed by atoms with van der Waals surface area (Å²) < 4.78 is 2.37. The van der Waals surface area contributed by atoms with Crippen molar-refractivity contribution in [3.63, 3.8) is 0 Å². The van der Waals surface area contributed by atoms with E-state index >= 15 is 0 Å². The van der Waals surface area contributed by atoms with Crippen LogP contribution in [-0.4, -0.2) is 0 Å². The highest BCUT2D eigenvalue weighted by Crippen LogP contribution is 2.13. The van der Waals surface area contributed by atoms with Gasteiger partial charge in [0.05, 0.1) is 0 Å². The van der Waals surface area contributed by atoms with Crippen LogP contribution < -0.4 is 4.57 Å². The summed E-state index contributed by atoms with van der Waals surface area (Å²) in [5.41, 5.74) is 1.45. The van der Waals surface area contributed by atoms with Crippen LogP contribution in [0.4, 0.5) is 0 Å². The molecule has 0 saturated carbocycles. The lowest BCUT2D eigenvalue weighted by atomic mass is 10.0. The first-order valence-corrected chi connectivity index (χ1v) is 11.2. The van der Waals surface area contributed by atoms with E-state index in [2.05, 4.69) is 49.9 Å². The highest BCUT2D eigenvalue weighted by Gasteiger charge is 2.05. The number of aryl methyl sites for hydroxylation is 1. The third-order valence-corrected chi connectivity index (χ3v) is 5.32. The maximum Gasteiger partial charge on any atom is 0.172 e. The first kappa shape index (κ1) is 22.2. The van der Waals surface area contributed by atoms with Gasteiger partial charge in [-0.2, -0.15) is 0 Å². The first-order chi connectivity index (χ1) is 12.2. The largest absolute Gasteiger partial charge is 0.205 e. The van der Waals surface area contributed by atoms with Gasteiger partial charge in [0.15, 0.2) is 12.4 Å². The molecule has 0 N–H and O–H groups in total. The highest BCUT2D eigenvalue weighted by molar-refractivity contribution is 5.09. The van der Waals surface area contributed by atoms with Gasteiger partial charge in [-0.25, -0.2) is 4.57 Å². The summed E-state index contributed by atoms with van der Waals surface area (Å²) in [5.74, 6) is 0.629. The molecule has 0 amide bonds. The second-order valence-electron chi connectivity index (χ2n) is 8.13. The Balaban J connectivity index is 1.87. The van der Waals surface area contributed by atoms with E-state index in [4.69, 9.17) is 0 Å². The molecule has 0 fully saturated rings. The third kappa shape index (κ3) is 12.2. The zero-order valence-electron chi connectivity index (χ0n) is 17.4. The van der Waals surface area contributed by atoms with Gasteiger partial charge in [-0.05, 0) is 18.4 Å². The SMILES string of the molecule is CCCCCCCCCCCCCCCC[n+]1cccc(C(C)C)c1. The van der Waals surface area contributed by atoms with E-state index in [1.54, 1.807) is 0 Å². The molecule has 1 heterocycles. The predicted molar refractivity (Wildman–Crippen MR) is 111 cm³/mol. The Bertz CT molecular complexity index is 410. The summed E-state index contributed by atoms with van der Waals surface area (Å²) in [4.78, 5) is 0. The Hall–Kier alpha value is -0.850. The molecular weight excluding hydrogens is 302 g/mol. The van der Waals surface area contributed by atoms with Crippen LogP contribution in [-0.2, 0) is 6.54 Å². The summed E-state index contributed by atoms with van der Waals surface area (Å²) in [7, 11) is 0. The summed E-state index contributed by atoms with van der Waals surface area (Å²) in [6, 6.07) is 4.44. The third-order valence-electron chi connectivity index (χ3n) is 5.32. The number of hydrogen-bond acceptors (Lipinski definition) is 0. The molecule has 1 nitrogen and oxygen atoms in total. The van der Waals surface area contributed by atoms with E-state index in [1.165, 1.54) is 102 Å². The fourth-order valence-corrected chi connectivity index (χ4v) is 3.51. The number of nitrogens with zero attached hydrogens (tertiary/aromatic N) is 1. The van der Waals surface area contributed by atoms with Gasteiger partial charge in [-0.15, -0.1) is 0 Å². The Kier molecular flexibility index (Phi) is 13.7. The average Bonchev–Trinajstić information content (AvgIpc) is 2.62. The van der Waals surface area contributed by atoms with Crippen molar-refractivity contribution in [3.8, 4) is 0 Å². The van der Waals surface area contributed by atoms with E-state index in [-0.39, 0.29) is 0 Å². The Morgan fingerprint density at radius 2 is 1.20 bits per heavy atom. The zero-order chi connectivity index (χ0) is 18.2. The van der Waals surface area contributed by atoms with Gasteiger partial charge in [0.2, 0.25) is 0 Å². The molecule has 0 radical (unpaired) electrons. The molecule has 1 aromatic heterocycles. The van der Waals surface area contributed by atoms with Gasteiger partial charge in [-0.3, -0.25) is 0 Å². The molecule has 0 bridgehead atoms. The van der Waals surface area contributed by atoms with E-state index in [9.17, 15) is 0 Å². The molecule has 0 saturated heterocycles. The number of hydrogen-bond donors (Lipinski definition) is 0. The van der Waals surface area contributed by atoms with Crippen molar-refractivity contribution in [1.82, 2.24) is 0 Å². The maximum atomic E-state index is 2.37. The van der Waals surface area contributed by atoms with E-state index in [0.717, 1.165) is 0 Å². The minimum Gasteiger partial charge on any atom is -0.205 e. The topological polar surface area (TPSA) is 3.88 Å². The normalized spacial score (nSPS) is 11.4. The fraction of sp³-hybridized carbons (Fsp3) is 0.792. The fourth-order valence-electron chi connectivity index (χ4n) is 3.51. The highest BCUT2D eigenvalue weighted by atomic mass is 14.9. The van der Waals surface area contributed by atoms with Crippen LogP contribution in [0.15, 0.2) is 24.5 Å². The molecule has 0 aliphatic heterocycles. The van der Waals surface area contributed by atoms with Crippen molar-refractivity contribution in [2.75, 3.05) is 0 Å². The van der Waals surface area contributed by atoms with Crippen LogP contribution >= 0.6 is 0 Å². The van der Waals surface area contributed by atoms with Crippen LogP contribution in [0.2, 0.25) is 0 Å². The minimum absolute atomic E-state index is 0.629. The molecule has 0 aliphatic rings. The Morgan fingerprint density at radius 1 is 0.720 bits per heavy atom. The van der Waals surface area contributed by atoms with Crippen molar-refractivity contribution in [1.29, 1.82) is 0 Å². The monoisotopic (exact) mass is 346 g/mol. The van der Waals surface area contributed by atoms with Gasteiger partial charge >= 0.3 is 0 Å². The Labute approximate surface area is 158 Å². The van der Waals surface area contributed by atoms with Crippen LogP contribution in [0.3, 0.4) is 0 Å². The standard InChI is InChI=1S/C24H44N/c1-4-5-6-7-8-9-10-11-12-13-14-15-16-17-20-25-21-18-19-24(22-25)23(2)3/h18-19,21-23H,4-17,20H2,1-3H3/q+1.